The fourth-order valence-electron chi connectivity index (χ4n) is 1.45. The number of nitrogens with one attached hydrogen (secondary N) is 1. The van der Waals surface area contributed by atoms with Crippen molar-refractivity contribution in [3.63, 3.8) is 0 Å². The van der Waals surface area contributed by atoms with Crippen molar-refractivity contribution in [3.05, 3.63) is 28.2 Å². The first-order valence-electron chi connectivity index (χ1n) is 5.93. The highest BCUT2D eigenvalue weighted by molar-refractivity contribution is 9.10. The number of para-hydroxylation sites is 1. The Kier molecular flexibility index (Phi) is 6.15. The molecule has 0 saturated heterocycles. The maximum Gasteiger partial charge on any atom is 0.344 e. The largest absolute Gasteiger partial charge is 0.479 e. The van der Waals surface area contributed by atoms with E-state index in [1.54, 1.807) is 0 Å². The molecule has 0 aliphatic carbocycles. The lowest BCUT2D eigenvalue weighted by Gasteiger charge is -2.16. The third-order valence-corrected chi connectivity index (χ3v) is 3.06. The summed E-state index contributed by atoms with van der Waals surface area (Å²) in [6, 6.07) is 5.68. The Morgan fingerprint density at radius 3 is 2.89 bits per heavy atom. The molecule has 1 atom stereocenters. The van der Waals surface area contributed by atoms with E-state index >= 15 is 0 Å². The zero-order valence-corrected chi connectivity index (χ0v) is 12.2. The molecule has 0 fully saturated rings. The van der Waals surface area contributed by atoms with Gasteiger partial charge < -0.3 is 15.2 Å². The van der Waals surface area contributed by atoms with Gasteiger partial charge >= 0.3 is 5.97 Å². The first-order valence-corrected chi connectivity index (χ1v) is 6.73. The van der Waals surface area contributed by atoms with Crippen molar-refractivity contribution in [3.8, 4) is 5.75 Å². The molecule has 0 heterocycles. The third kappa shape index (κ3) is 4.31. The van der Waals surface area contributed by atoms with Gasteiger partial charge in [0.2, 0.25) is 0 Å². The van der Waals surface area contributed by atoms with Crippen molar-refractivity contribution in [2.45, 2.75) is 32.9 Å². The summed E-state index contributed by atoms with van der Waals surface area (Å²) in [5, 5.41) is 12.2. The molecule has 0 aliphatic heterocycles. The summed E-state index contributed by atoms with van der Waals surface area (Å²) in [6.07, 6.45) is 0.184. The third-order valence-electron chi connectivity index (χ3n) is 2.43. The Labute approximate surface area is 115 Å². The molecule has 1 aromatic carbocycles. The van der Waals surface area contributed by atoms with Crippen LogP contribution in [0.4, 0.5) is 0 Å². The SMILES string of the molecule is CCCNCc1cccc(Br)c1OC(C)C(=O)O. The van der Waals surface area contributed by atoms with Gasteiger partial charge in [0.05, 0.1) is 4.47 Å². The number of aliphatic carboxylic acids is 1. The van der Waals surface area contributed by atoms with Crippen molar-refractivity contribution in [2.75, 3.05) is 6.54 Å². The highest BCUT2D eigenvalue weighted by atomic mass is 79.9. The van der Waals surface area contributed by atoms with Crippen molar-refractivity contribution < 1.29 is 14.6 Å². The number of benzene rings is 1. The highest BCUT2D eigenvalue weighted by Crippen LogP contribution is 2.30. The fraction of sp³-hybridized carbons (Fsp3) is 0.462. The standard InChI is InChI=1S/C13H18BrNO3/c1-3-7-15-8-10-5-4-6-11(14)12(10)18-9(2)13(16)17/h4-6,9,15H,3,7-8H2,1-2H3,(H,16,17). The van der Waals surface area contributed by atoms with Gasteiger partial charge in [0.25, 0.3) is 0 Å². The van der Waals surface area contributed by atoms with Crippen molar-refractivity contribution >= 4 is 21.9 Å². The Balaban J connectivity index is 2.83. The van der Waals surface area contributed by atoms with Gasteiger partial charge in [-0.25, -0.2) is 4.79 Å². The Morgan fingerprint density at radius 2 is 2.28 bits per heavy atom. The second-order valence-electron chi connectivity index (χ2n) is 4.00. The topological polar surface area (TPSA) is 58.6 Å². The van der Waals surface area contributed by atoms with Crippen LogP contribution in [0.15, 0.2) is 22.7 Å². The fourth-order valence-corrected chi connectivity index (χ4v) is 1.95. The summed E-state index contributed by atoms with van der Waals surface area (Å²) in [6.45, 7) is 5.19. The summed E-state index contributed by atoms with van der Waals surface area (Å²) >= 11 is 3.39. The Hall–Kier alpha value is -1.07. The van der Waals surface area contributed by atoms with Crippen LogP contribution in [0, 0.1) is 0 Å². The number of hydrogen-bond donors (Lipinski definition) is 2. The number of halogens is 1. The van der Waals surface area contributed by atoms with Crippen LogP contribution in [-0.4, -0.2) is 23.7 Å². The van der Waals surface area contributed by atoms with E-state index in [0.717, 1.165) is 23.0 Å². The maximum atomic E-state index is 10.8. The van der Waals surface area contributed by atoms with Crippen LogP contribution in [0.5, 0.6) is 5.75 Å². The van der Waals surface area contributed by atoms with Gasteiger partial charge in [0.1, 0.15) is 5.75 Å². The molecule has 1 unspecified atom stereocenters. The first-order chi connectivity index (χ1) is 8.56. The van der Waals surface area contributed by atoms with Gasteiger partial charge in [0, 0.05) is 12.1 Å². The molecule has 1 aromatic rings. The van der Waals surface area contributed by atoms with Crippen LogP contribution in [0.2, 0.25) is 0 Å². The average molecular weight is 316 g/mol. The van der Waals surface area contributed by atoms with Gasteiger partial charge in [-0.15, -0.1) is 0 Å². The number of rotatable bonds is 7. The van der Waals surface area contributed by atoms with Crippen LogP contribution in [0.1, 0.15) is 25.8 Å². The predicted molar refractivity (Wildman–Crippen MR) is 73.9 cm³/mol. The minimum Gasteiger partial charge on any atom is -0.479 e. The Morgan fingerprint density at radius 1 is 1.56 bits per heavy atom. The van der Waals surface area contributed by atoms with E-state index in [1.165, 1.54) is 6.92 Å². The summed E-state index contributed by atoms with van der Waals surface area (Å²) in [5.41, 5.74) is 0.950. The van der Waals surface area contributed by atoms with Crippen molar-refractivity contribution in [1.82, 2.24) is 5.32 Å². The summed E-state index contributed by atoms with van der Waals surface area (Å²) < 4.78 is 6.25. The molecule has 18 heavy (non-hydrogen) atoms. The monoisotopic (exact) mass is 315 g/mol. The molecule has 0 amide bonds. The summed E-state index contributed by atoms with van der Waals surface area (Å²) in [5.74, 6) is -0.380. The minimum absolute atomic E-state index is 0.594. The van der Waals surface area contributed by atoms with Gasteiger partial charge in [-0.1, -0.05) is 19.1 Å². The molecule has 4 nitrogen and oxygen atoms in total. The molecular weight excluding hydrogens is 298 g/mol. The molecule has 5 heteroatoms. The summed E-state index contributed by atoms with van der Waals surface area (Å²) in [7, 11) is 0. The number of ether oxygens (including phenoxy) is 1. The van der Waals surface area contributed by atoms with E-state index in [9.17, 15) is 4.79 Å². The van der Waals surface area contributed by atoms with Gasteiger partial charge in [0.15, 0.2) is 6.10 Å². The Bertz CT molecular complexity index is 409. The molecule has 0 aliphatic rings. The van der Waals surface area contributed by atoms with Crippen molar-refractivity contribution in [2.24, 2.45) is 0 Å². The van der Waals surface area contributed by atoms with E-state index in [4.69, 9.17) is 9.84 Å². The average Bonchev–Trinajstić information content (AvgIpc) is 2.33. The van der Waals surface area contributed by atoms with Crippen LogP contribution >= 0.6 is 15.9 Å². The lowest BCUT2D eigenvalue weighted by atomic mass is 10.2. The molecule has 0 radical (unpaired) electrons. The van der Waals surface area contributed by atoms with Gasteiger partial charge in [-0.3, -0.25) is 0 Å². The van der Waals surface area contributed by atoms with Crippen LogP contribution in [-0.2, 0) is 11.3 Å². The second-order valence-corrected chi connectivity index (χ2v) is 4.86. The number of hydrogen-bond acceptors (Lipinski definition) is 3. The van der Waals surface area contributed by atoms with E-state index in [0.29, 0.717) is 12.3 Å². The maximum absolute atomic E-state index is 10.8. The molecule has 0 saturated carbocycles. The molecule has 2 N–H and O–H groups in total. The van der Waals surface area contributed by atoms with E-state index in [2.05, 4.69) is 28.2 Å². The molecular formula is C13H18BrNO3. The molecule has 0 spiro atoms. The lowest BCUT2D eigenvalue weighted by Crippen LogP contribution is -2.24. The van der Waals surface area contributed by atoms with Gasteiger partial charge in [-0.2, -0.15) is 0 Å². The van der Waals surface area contributed by atoms with Crippen LogP contribution < -0.4 is 10.1 Å². The number of carboxylic acid groups (broad SMARTS) is 1. The molecule has 0 aromatic heterocycles. The predicted octanol–water partition coefficient (Wildman–Crippen LogP) is 2.80. The lowest BCUT2D eigenvalue weighted by molar-refractivity contribution is -0.144. The highest BCUT2D eigenvalue weighted by Gasteiger charge is 2.16. The van der Waals surface area contributed by atoms with Gasteiger partial charge in [-0.05, 0) is 41.9 Å². The molecule has 100 valence electrons. The van der Waals surface area contributed by atoms with E-state index in [-0.39, 0.29) is 0 Å². The zero-order valence-electron chi connectivity index (χ0n) is 10.6. The number of carboxylic acids is 1. The quantitative estimate of drug-likeness (QED) is 0.760. The first kappa shape index (κ1) is 15.0. The smallest absolute Gasteiger partial charge is 0.344 e. The van der Waals surface area contributed by atoms with E-state index < -0.39 is 12.1 Å². The normalized spacial score (nSPS) is 12.2. The van der Waals surface area contributed by atoms with Crippen LogP contribution in [0.25, 0.3) is 0 Å². The number of carbonyl (C=O) groups is 1. The van der Waals surface area contributed by atoms with Crippen molar-refractivity contribution in [1.29, 1.82) is 0 Å². The van der Waals surface area contributed by atoms with E-state index in [1.807, 2.05) is 18.2 Å². The minimum atomic E-state index is -0.974. The molecule has 1 rings (SSSR count). The van der Waals surface area contributed by atoms with Crippen LogP contribution in [0.3, 0.4) is 0 Å². The molecule has 0 bridgehead atoms. The summed E-state index contributed by atoms with van der Waals surface area (Å²) in [4.78, 5) is 10.8. The second kappa shape index (κ2) is 7.38. The zero-order chi connectivity index (χ0) is 13.5.